The third-order valence-corrected chi connectivity index (χ3v) is 8.75. The molecule has 0 bridgehead atoms. The highest BCUT2D eigenvalue weighted by atomic mass is 28.3. The monoisotopic (exact) mass is 306 g/mol. The fourth-order valence-electron chi connectivity index (χ4n) is 2.78. The molecule has 0 saturated heterocycles. The molecule has 0 aromatic heterocycles. The normalized spacial score (nSPS) is 15.4. The van der Waals surface area contributed by atoms with E-state index in [1.54, 1.807) is 10.4 Å². The molecule has 114 valence electrons. The maximum absolute atomic E-state index is 3.95. The van der Waals surface area contributed by atoms with Crippen LogP contribution in [-0.2, 0) is 0 Å². The summed E-state index contributed by atoms with van der Waals surface area (Å²) in [5.74, 6) is 0. The maximum atomic E-state index is 3.95. The van der Waals surface area contributed by atoms with E-state index in [0.717, 1.165) is 12.8 Å². The molecule has 0 aliphatic rings. The quantitative estimate of drug-likeness (QED) is 0.285. The Balaban J connectivity index is 6.11. The second-order valence-electron chi connectivity index (χ2n) is 7.69. The van der Waals surface area contributed by atoms with Crippen LogP contribution in [0.1, 0.15) is 26.7 Å². The molecule has 0 N–H and O–H groups in total. The minimum atomic E-state index is -1.30. The fourth-order valence-corrected chi connectivity index (χ4v) is 6.92. The van der Waals surface area contributed by atoms with Crippen molar-refractivity contribution in [1.29, 1.82) is 0 Å². The van der Waals surface area contributed by atoms with Crippen LogP contribution in [-0.4, -0.2) is 16.1 Å². The minimum Gasteiger partial charge on any atom is -0.103 e. The smallest absolute Gasteiger partial charge is 0.0732 e. The molecular weight excluding hydrogens is 272 g/mol. The van der Waals surface area contributed by atoms with Crippen molar-refractivity contribution in [3.8, 4) is 0 Å². The van der Waals surface area contributed by atoms with Gasteiger partial charge in [0.1, 0.15) is 0 Å². The topological polar surface area (TPSA) is 0 Å². The van der Waals surface area contributed by atoms with Gasteiger partial charge in [-0.3, -0.25) is 0 Å². The molecule has 0 aromatic carbocycles. The van der Waals surface area contributed by atoms with E-state index in [-0.39, 0.29) is 0 Å². The molecule has 0 nitrogen and oxygen atoms in total. The SMILES string of the molecule is C=CC/C(=C(C)\C(C)=C(/CC=C)[Si](C)(C)C)[Si](C)(C)C. The van der Waals surface area contributed by atoms with Gasteiger partial charge in [0.15, 0.2) is 0 Å². The first-order valence-electron chi connectivity index (χ1n) is 7.59. The summed E-state index contributed by atoms with van der Waals surface area (Å²) in [5.41, 5.74) is 3.03. The van der Waals surface area contributed by atoms with Crippen LogP contribution in [0.4, 0.5) is 0 Å². The molecule has 2 heteroatoms. The summed E-state index contributed by atoms with van der Waals surface area (Å²) < 4.78 is 0. The van der Waals surface area contributed by atoms with E-state index in [1.807, 2.05) is 0 Å². The molecule has 0 heterocycles. The zero-order chi connectivity index (χ0) is 16.1. The Morgan fingerprint density at radius 2 is 0.950 bits per heavy atom. The van der Waals surface area contributed by atoms with Gasteiger partial charge in [-0.15, -0.1) is 13.2 Å². The predicted octanol–water partition coefficient (Wildman–Crippen LogP) is 6.53. The van der Waals surface area contributed by atoms with Crippen LogP contribution in [0.25, 0.3) is 0 Å². The Labute approximate surface area is 129 Å². The lowest BCUT2D eigenvalue weighted by Gasteiger charge is -2.28. The van der Waals surface area contributed by atoms with E-state index in [1.165, 1.54) is 11.1 Å². The second-order valence-corrected chi connectivity index (χ2v) is 17.9. The fraction of sp³-hybridized carbons (Fsp3) is 0.556. The number of allylic oxidation sites excluding steroid dienone is 6. The molecule has 0 aliphatic heterocycles. The summed E-state index contributed by atoms with van der Waals surface area (Å²) in [5, 5.41) is 3.29. The van der Waals surface area contributed by atoms with Gasteiger partial charge in [-0.05, 0) is 26.7 Å². The highest BCUT2D eigenvalue weighted by molar-refractivity contribution is 6.84. The lowest BCUT2D eigenvalue weighted by Crippen LogP contribution is -2.28. The van der Waals surface area contributed by atoms with Gasteiger partial charge in [-0.25, -0.2) is 0 Å². The van der Waals surface area contributed by atoms with Gasteiger partial charge in [-0.1, -0.05) is 73.0 Å². The number of hydrogen-bond acceptors (Lipinski definition) is 0. The zero-order valence-corrected chi connectivity index (χ0v) is 17.0. The number of rotatable bonds is 7. The molecule has 0 unspecified atom stereocenters. The lowest BCUT2D eigenvalue weighted by atomic mass is 10.1. The summed E-state index contributed by atoms with van der Waals surface area (Å²) in [6.07, 6.45) is 6.19. The van der Waals surface area contributed by atoms with Crippen molar-refractivity contribution >= 4 is 16.1 Å². The van der Waals surface area contributed by atoms with Gasteiger partial charge in [0, 0.05) is 0 Å². The maximum Gasteiger partial charge on any atom is 0.0732 e. The van der Waals surface area contributed by atoms with E-state index in [9.17, 15) is 0 Å². The summed E-state index contributed by atoms with van der Waals surface area (Å²) in [6, 6.07) is 0. The summed E-state index contributed by atoms with van der Waals surface area (Å²) >= 11 is 0. The predicted molar refractivity (Wildman–Crippen MR) is 102 cm³/mol. The van der Waals surface area contributed by atoms with Crippen molar-refractivity contribution in [2.45, 2.75) is 66.0 Å². The van der Waals surface area contributed by atoms with Crippen molar-refractivity contribution in [2.24, 2.45) is 0 Å². The van der Waals surface area contributed by atoms with Crippen LogP contribution >= 0.6 is 0 Å². The Hall–Kier alpha value is -0.606. The average Bonchev–Trinajstić information content (AvgIpc) is 2.28. The molecule has 0 aliphatic carbocycles. The lowest BCUT2D eigenvalue weighted by molar-refractivity contribution is 1.16. The highest BCUT2D eigenvalue weighted by Gasteiger charge is 2.25. The Bertz CT molecular complexity index is 381. The first kappa shape index (κ1) is 19.4. The molecule has 0 spiro atoms. The summed E-state index contributed by atoms with van der Waals surface area (Å²) in [4.78, 5) is 0. The number of hydrogen-bond donors (Lipinski definition) is 0. The van der Waals surface area contributed by atoms with Crippen molar-refractivity contribution in [3.05, 3.63) is 46.8 Å². The molecule has 0 amide bonds. The molecule has 0 aromatic rings. The molecule has 0 rings (SSSR count). The van der Waals surface area contributed by atoms with Crippen LogP contribution in [0.15, 0.2) is 46.8 Å². The summed E-state index contributed by atoms with van der Waals surface area (Å²) in [7, 11) is -2.60. The molecule has 0 radical (unpaired) electrons. The van der Waals surface area contributed by atoms with Gasteiger partial charge >= 0.3 is 0 Å². The first-order chi connectivity index (χ1) is 8.96. The molecule has 20 heavy (non-hydrogen) atoms. The van der Waals surface area contributed by atoms with Crippen LogP contribution in [0, 0.1) is 0 Å². The van der Waals surface area contributed by atoms with E-state index < -0.39 is 16.1 Å². The van der Waals surface area contributed by atoms with Crippen molar-refractivity contribution < 1.29 is 0 Å². The van der Waals surface area contributed by atoms with E-state index in [4.69, 9.17) is 0 Å². The van der Waals surface area contributed by atoms with Crippen LogP contribution in [0.5, 0.6) is 0 Å². The highest BCUT2D eigenvalue weighted by Crippen LogP contribution is 2.31. The van der Waals surface area contributed by atoms with Crippen LogP contribution in [0.3, 0.4) is 0 Å². The Kier molecular flexibility index (Phi) is 7.19. The molecule has 0 saturated carbocycles. The zero-order valence-electron chi connectivity index (χ0n) is 15.0. The van der Waals surface area contributed by atoms with Gasteiger partial charge in [-0.2, -0.15) is 0 Å². The largest absolute Gasteiger partial charge is 0.103 e. The van der Waals surface area contributed by atoms with E-state index in [0.29, 0.717) is 0 Å². The molecule has 0 atom stereocenters. The minimum absolute atomic E-state index is 1.03. The molecular formula is C18H34Si2. The van der Waals surface area contributed by atoms with Crippen molar-refractivity contribution in [1.82, 2.24) is 0 Å². The van der Waals surface area contributed by atoms with Gasteiger partial charge in [0.05, 0.1) is 16.1 Å². The average molecular weight is 307 g/mol. The standard InChI is InChI=1S/C18H34Si2/c1-11-13-17(19(5,6)7)15(3)16(4)18(14-12-2)20(8,9)10/h11-12H,1-2,13-14H2,3-10H3/b17-15+,18-16+. The van der Waals surface area contributed by atoms with E-state index in [2.05, 4.69) is 78.4 Å². The third kappa shape index (κ3) is 5.41. The first-order valence-corrected chi connectivity index (χ1v) is 14.6. The third-order valence-electron chi connectivity index (χ3n) is 3.98. The van der Waals surface area contributed by atoms with Crippen LogP contribution < -0.4 is 0 Å². The van der Waals surface area contributed by atoms with Crippen molar-refractivity contribution in [3.63, 3.8) is 0 Å². The molecule has 0 fully saturated rings. The Morgan fingerprint density at radius 1 is 0.700 bits per heavy atom. The summed E-state index contributed by atoms with van der Waals surface area (Å²) in [6.45, 7) is 27.1. The van der Waals surface area contributed by atoms with Gasteiger partial charge < -0.3 is 0 Å². The second kappa shape index (κ2) is 7.42. The van der Waals surface area contributed by atoms with Crippen LogP contribution in [0.2, 0.25) is 39.3 Å². The Morgan fingerprint density at radius 3 is 1.10 bits per heavy atom. The van der Waals surface area contributed by atoms with Crippen molar-refractivity contribution in [2.75, 3.05) is 0 Å². The van der Waals surface area contributed by atoms with Gasteiger partial charge in [0.25, 0.3) is 0 Å². The van der Waals surface area contributed by atoms with E-state index >= 15 is 0 Å². The van der Waals surface area contributed by atoms with Gasteiger partial charge in [0.2, 0.25) is 0 Å².